The molecule has 272 valence electrons. The van der Waals surface area contributed by atoms with Gasteiger partial charge in [-0.3, -0.25) is 4.79 Å². The molecule has 2 bridgehead atoms. The number of benzene rings is 2. The van der Waals surface area contributed by atoms with Crippen molar-refractivity contribution in [2.24, 2.45) is 17.8 Å². The number of carbonyl (C=O) groups is 1. The summed E-state index contributed by atoms with van der Waals surface area (Å²) in [4.78, 5) is 16.0. The fraction of sp³-hybridized carbons (Fsp3) is 0.564. The number of aryl methyl sites for hydroxylation is 1. The highest BCUT2D eigenvalue weighted by molar-refractivity contribution is 8.17. The van der Waals surface area contributed by atoms with E-state index in [1.807, 2.05) is 67.7 Å². The third kappa shape index (κ3) is 8.41. The Hall–Kier alpha value is -2.11. The number of thioether (sulfide) groups is 2. The molecule has 4 aliphatic rings. The minimum atomic E-state index is -3.96. The number of nitrogens with zero attached hydrogens (tertiary/aromatic N) is 1. The quantitative estimate of drug-likeness (QED) is 0.311. The molecule has 7 nitrogen and oxygen atoms in total. The van der Waals surface area contributed by atoms with Crippen LogP contribution in [0.1, 0.15) is 80.8 Å². The van der Waals surface area contributed by atoms with Crippen molar-refractivity contribution >= 4 is 56.7 Å². The van der Waals surface area contributed by atoms with Crippen LogP contribution in [0.5, 0.6) is 5.75 Å². The maximum atomic E-state index is 13.6. The van der Waals surface area contributed by atoms with E-state index in [4.69, 9.17) is 21.1 Å². The van der Waals surface area contributed by atoms with Crippen LogP contribution in [0.3, 0.4) is 0 Å². The molecule has 0 spiro atoms. The lowest BCUT2D eigenvalue weighted by Gasteiger charge is -2.53. The Morgan fingerprint density at radius 2 is 1.90 bits per heavy atom. The maximum Gasteiger partial charge on any atom is 0.264 e. The van der Waals surface area contributed by atoms with E-state index in [2.05, 4.69) is 28.4 Å². The number of allylic oxidation sites excluding steroid dienone is 1. The summed E-state index contributed by atoms with van der Waals surface area (Å²) < 4.78 is 43.4. The molecule has 1 saturated heterocycles. The van der Waals surface area contributed by atoms with Crippen LogP contribution >= 0.6 is 35.1 Å². The molecule has 11 heteroatoms. The van der Waals surface area contributed by atoms with Crippen LogP contribution < -0.4 is 14.4 Å². The highest BCUT2D eigenvalue weighted by atomic mass is 35.5. The van der Waals surface area contributed by atoms with Crippen LogP contribution in [-0.2, 0) is 27.8 Å². The molecule has 5 atom stereocenters. The molecule has 50 heavy (non-hydrogen) atoms. The first kappa shape index (κ1) is 37.6. The zero-order valence-electron chi connectivity index (χ0n) is 29.5. The van der Waals surface area contributed by atoms with Gasteiger partial charge >= 0.3 is 0 Å². The highest BCUT2D eigenvalue weighted by Gasteiger charge is 2.53. The van der Waals surface area contributed by atoms with Crippen molar-refractivity contribution in [3.8, 4) is 5.75 Å². The summed E-state index contributed by atoms with van der Waals surface area (Å²) in [7, 11) is -3.96. The van der Waals surface area contributed by atoms with Gasteiger partial charge in [-0.2, -0.15) is 0 Å². The number of hydrogen-bond donors (Lipinski definition) is 1. The second-order valence-corrected chi connectivity index (χ2v) is 19.8. The molecular weight excluding hydrogens is 708 g/mol. The third-order valence-electron chi connectivity index (χ3n) is 10.9. The number of hydrogen-bond acceptors (Lipinski definition) is 8. The van der Waals surface area contributed by atoms with Crippen molar-refractivity contribution < 1.29 is 22.7 Å². The van der Waals surface area contributed by atoms with Crippen LogP contribution in [0.2, 0.25) is 5.02 Å². The summed E-state index contributed by atoms with van der Waals surface area (Å²) in [5.41, 5.74) is 3.86. The molecule has 1 saturated carbocycles. The van der Waals surface area contributed by atoms with E-state index in [-0.39, 0.29) is 16.4 Å². The predicted octanol–water partition coefficient (Wildman–Crippen LogP) is 8.66. The van der Waals surface area contributed by atoms with E-state index >= 15 is 0 Å². The Labute approximate surface area is 312 Å². The lowest BCUT2D eigenvalue weighted by atomic mass is 9.64. The zero-order chi connectivity index (χ0) is 35.5. The average Bonchev–Trinajstić information content (AvgIpc) is 3.11. The first-order valence-electron chi connectivity index (χ1n) is 18.0. The molecular formula is C39H51ClN2O5S3. The smallest absolute Gasteiger partial charge is 0.264 e. The van der Waals surface area contributed by atoms with Gasteiger partial charge < -0.3 is 14.4 Å². The summed E-state index contributed by atoms with van der Waals surface area (Å²) >= 11 is 10.4. The Bertz CT molecular complexity index is 1690. The van der Waals surface area contributed by atoms with Gasteiger partial charge in [0.25, 0.3) is 5.91 Å². The number of nitrogens with one attached hydrogen (secondary N) is 1. The normalized spacial score (nSPS) is 29.9. The number of carbonyl (C=O) groups excluding carboxylic acids is 1. The van der Waals surface area contributed by atoms with Crippen molar-refractivity contribution in [1.82, 2.24) is 4.72 Å². The Kier molecular flexibility index (Phi) is 12.3. The van der Waals surface area contributed by atoms with Gasteiger partial charge in [0.05, 0.1) is 22.1 Å². The molecule has 1 amide bonds. The first-order valence-corrected chi connectivity index (χ1v) is 22.0. The number of sulfonamides is 1. The second-order valence-electron chi connectivity index (χ2n) is 14.6. The molecule has 3 aliphatic heterocycles. The van der Waals surface area contributed by atoms with Crippen molar-refractivity contribution in [3.05, 3.63) is 82.4 Å². The Morgan fingerprint density at radius 1 is 1.10 bits per heavy atom. The Morgan fingerprint density at radius 3 is 2.64 bits per heavy atom. The zero-order valence-corrected chi connectivity index (χ0v) is 32.7. The molecule has 2 fully saturated rings. The van der Waals surface area contributed by atoms with E-state index in [1.54, 1.807) is 13.0 Å². The molecule has 0 radical (unpaired) electrons. The van der Waals surface area contributed by atoms with Crippen LogP contribution in [0.4, 0.5) is 5.69 Å². The number of anilines is 1. The van der Waals surface area contributed by atoms with Gasteiger partial charge in [-0.25, -0.2) is 13.1 Å². The largest absolute Gasteiger partial charge is 0.487 e. The van der Waals surface area contributed by atoms with Crippen LogP contribution in [0.25, 0.3) is 0 Å². The molecule has 6 rings (SSSR count). The van der Waals surface area contributed by atoms with Crippen LogP contribution in [0, 0.1) is 17.8 Å². The van der Waals surface area contributed by atoms with Crippen molar-refractivity contribution in [2.75, 3.05) is 36.1 Å². The fourth-order valence-corrected chi connectivity index (χ4v) is 12.4. The molecule has 2 aromatic rings. The lowest BCUT2D eigenvalue weighted by molar-refractivity contribution is -0.0798. The number of halogens is 1. The summed E-state index contributed by atoms with van der Waals surface area (Å²) in [5, 5.41) is -0.0611. The maximum absolute atomic E-state index is 13.6. The van der Waals surface area contributed by atoms with E-state index in [0.29, 0.717) is 36.9 Å². The molecule has 1 aliphatic carbocycles. The first-order chi connectivity index (χ1) is 24.0. The molecule has 2 aromatic carbocycles. The summed E-state index contributed by atoms with van der Waals surface area (Å²) in [6.45, 7) is 12.2. The number of ether oxygens (including phenoxy) is 2. The van der Waals surface area contributed by atoms with Gasteiger partial charge in [-0.05, 0) is 130 Å². The van der Waals surface area contributed by atoms with Crippen LogP contribution in [-0.4, -0.2) is 61.0 Å². The topological polar surface area (TPSA) is 84.9 Å². The van der Waals surface area contributed by atoms with Gasteiger partial charge in [0.1, 0.15) is 18.0 Å². The Balaban J connectivity index is 1.44. The van der Waals surface area contributed by atoms with Gasteiger partial charge in [0, 0.05) is 23.7 Å². The summed E-state index contributed by atoms with van der Waals surface area (Å²) in [6, 6.07) is 11.3. The van der Waals surface area contributed by atoms with Gasteiger partial charge in [0.2, 0.25) is 10.0 Å². The van der Waals surface area contributed by atoms with E-state index in [9.17, 15) is 13.2 Å². The number of fused-ring (bicyclic) bond motifs is 3. The molecule has 0 aromatic heterocycles. The molecule has 3 heterocycles. The lowest BCUT2D eigenvalue weighted by Crippen LogP contribution is -2.56. The minimum Gasteiger partial charge on any atom is -0.487 e. The van der Waals surface area contributed by atoms with E-state index < -0.39 is 26.8 Å². The highest BCUT2D eigenvalue weighted by Crippen LogP contribution is 2.54. The standard InChI is InChI=1S/C39H51ClN2O5S3/c1-26(2)24-47-39(38-48-19-8-20-49-38)17-7-9-27(3)28(4)50(44,45)41-37(43)30-13-16-36-35(22-30)42(23-31-12-15-34(31)39)18-6-5-10-29-21-33(40)14-11-32(29)25-46-36/h7,11,13-14,16-17,21-22,27-28,31,34,38H,1,5-6,8-10,12,15,18-20,23-25H2,2-4H3,(H,41,43)/b17-7+/t27-,28+,31-,34+,39-/m0/s1. The van der Waals surface area contributed by atoms with Gasteiger partial charge in [0.15, 0.2) is 0 Å². The monoisotopic (exact) mass is 758 g/mol. The van der Waals surface area contributed by atoms with E-state index in [0.717, 1.165) is 78.5 Å². The van der Waals surface area contributed by atoms with Gasteiger partial charge in [-0.1, -0.05) is 48.9 Å². The molecule has 1 N–H and O–H groups in total. The minimum absolute atomic E-state index is 0.221. The van der Waals surface area contributed by atoms with E-state index in [1.165, 1.54) is 12.0 Å². The van der Waals surface area contributed by atoms with Gasteiger partial charge in [-0.15, -0.1) is 23.5 Å². The van der Waals surface area contributed by atoms with Crippen molar-refractivity contribution in [3.63, 3.8) is 0 Å². The number of amides is 1. The summed E-state index contributed by atoms with van der Waals surface area (Å²) in [6.07, 6.45) is 11.1. The average molecular weight is 759 g/mol. The fourth-order valence-electron chi connectivity index (χ4n) is 7.59. The molecule has 0 unspecified atom stereocenters. The summed E-state index contributed by atoms with van der Waals surface area (Å²) in [5.74, 6) is 2.65. The SMILES string of the molecule is C=C(C)CO[C@@]1(C2SCCCS2)/C=C/C[C@H](C)[C@@H](C)S(=O)(=O)NC(=O)c2ccc3c(c2)N(CCCCc2cc(Cl)ccc2CO3)C[C@@H]2CC[C@H]21. The second kappa shape index (κ2) is 16.3. The number of rotatable bonds is 4. The van der Waals surface area contributed by atoms with Crippen molar-refractivity contribution in [2.45, 2.75) is 87.8 Å². The predicted molar refractivity (Wildman–Crippen MR) is 209 cm³/mol. The third-order valence-corrected chi connectivity index (χ3v) is 16.2. The van der Waals surface area contributed by atoms with Crippen LogP contribution in [0.15, 0.2) is 60.7 Å². The van der Waals surface area contributed by atoms with Crippen molar-refractivity contribution in [1.29, 1.82) is 0 Å².